The van der Waals surface area contributed by atoms with Crippen LogP contribution in [0.5, 0.6) is 5.88 Å². The maximum atomic E-state index is 9.26. The zero-order chi connectivity index (χ0) is 12.3. The topological polar surface area (TPSA) is 42.4 Å². The molecule has 0 saturated heterocycles. The van der Waals surface area contributed by atoms with Gasteiger partial charge >= 0.3 is 0 Å². The molecule has 0 fully saturated rings. The van der Waals surface area contributed by atoms with Crippen molar-refractivity contribution in [3.05, 3.63) is 47.7 Å². The van der Waals surface area contributed by atoms with Gasteiger partial charge in [0.1, 0.15) is 0 Å². The van der Waals surface area contributed by atoms with Gasteiger partial charge in [-0.3, -0.25) is 0 Å². The van der Waals surface area contributed by atoms with Crippen molar-refractivity contribution in [2.75, 3.05) is 7.11 Å². The Morgan fingerprint density at radius 1 is 1.24 bits per heavy atom. The first-order chi connectivity index (χ1) is 8.24. The number of ether oxygens (including phenoxy) is 1. The van der Waals surface area contributed by atoms with E-state index in [9.17, 15) is 5.11 Å². The summed E-state index contributed by atoms with van der Waals surface area (Å²) in [6, 6.07) is 10.1. The Morgan fingerprint density at radius 3 is 2.71 bits per heavy atom. The van der Waals surface area contributed by atoms with E-state index in [2.05, 4.69) is 11.1 Å². The number of hydrogen-bond donors (Lipinski definition) is 1. The molecule has 88 valence electrons. The Balaban J connectivity index is 2.46. The third kappa shape index (κ3) is 2.45. The monoisotopic (exact) mass is 229 g/mol. The molecule has 17 heavy (non-hydrogen) atoms. The van der Waals surface area contributed by atoms with Crippen LogP contribution in [0, 0.1) is 6.92 Å². The van der Waals surface area contributed by atoms with E-state index in [1.165, 1.54) is 5.56 Å². The Bertz CT molecular complexity index is 523. The molecule has 0 spiro atoms. The van der Waals surface area contributed by atoms with Gasteiger partial charge in [0.2, 0.25) is 5.88 Å². The largest absolute Gasteiger partial charge is 0.481 e. The van der Waals surface area contributed by atoms with E-state index in [-0.39, 0.29) is 6.61 Å². The van der Waals surface area contributed by atoms with Crippen LogP contribution in [-0.4, -0.2) is 17.2 Å². The number of methoxy groups -OCH3 is 1. The first-order valence-electron chi connectivity index (χ1n) is 5.45. The minimum Gasteiger partial charge on any atom is -0.481 e. The second-order valence-electron chi connectivity index (χ2n) is 3.92. The van der Waals surface area contributed by atoms with Crippen LogP contribution in [0.3, 0.4) is 0 Å². The number of pyridine rings is 1. The van der Waals surface area contributed by atoms with Gasteiger partial charge in [0.05, 0.1) is 13.7 Å². The molecule has 1 N–H and O–H groups in total. The molecule has 0 aliphatic rings. The predicted octanol–water partition coefficient (Wildman–Crippen LogP) is 2.56. The van der Waals surface area contributed by atoms with Crippen molar-refractivity contribution in [3.8, 4) is 17.0 Å². The minimum atomic E-state index is -0.0736. The van der Waals surface area contributed by atoms with Crippen LogP contribution < -0.4 is 4.74 Å². The predicted molar refractivity (Wildman–Crippen MR) is 66.9 cm³/mol. The van der Waals surface area contributed by atoms with Gasteiger partial charge in [0, 0.05) is 17.3 Å². The third-order valence-electron chi connectivity index (χ3n) is 2.64. The third-order valence-corrected chi connectivity index (χ3v) is 2.64. The Morgan fingerprint density at radius 2 is 2.06 bits per heavy atom. The number of rotatable bonds is 3. The zero-order valence-corrected chi connectivity index (χ0v) is 9.97. The second kappa shape index (κ2) is 4.97. The van der Waals surface area contributed by atoms with E-state index in [0.717, 1.165) is 11.1 Å². The molecule has 2 aromatic rings. The average Bonchev–Trinajstić information content (AvgIpc) is 2.38. The fraction of sp³-hybridized carbons (Fsp3) is 0.214. The smallest absolute Gasteiger partial charge is 0.218 e. The Kier molecular flexibility index (Phi) is 3.40. The summed E-state index contributed by atoms with van der Waals surface area (Å²) in [5, 5.41) is 9.26. The van der Waals surface area contributed by atoms with E-state index in [4.69, 9.17) is 4.74 Å². The zero-order valence-electron chi connectivity index (χ0n) is 9.97. The molecular weight excluding hydrogens is 214 g/mol. The molecule has 0 aliphatic heterocycles. The molecule has 0 unspecified atom stereocenters. The van der Waals surface area contributed by atoms with Crippen molar-refractivity contribution in [3.63, 3.8) is 0 Å². The molecule has 3 heteroatoms. The van der Waals surface area contributed by atoms with Gasteiger partial charge in [0.25, 0.3) is 0 Å². The normalized spacial score (nSPS) is 10.3. The van der Waals surface area contributed by atoms with Gasteiger partial charge < -0.3 is 9.84 Å². The lowest BCUT2D eigenvalue weighted by Crippen LogP contribution is -1.95. The molecule has 0 saturated carbocycles. The van der Waals surface area contributed by atoms with Crippen LogP contribution >= 0.6 is 0 Å². The number of nitrogens with zero attached hydrogens (tertiary/aromatic N) is 1. The number of aromatic nitrogens is 1. The first-order valence-corrected chi connectivity index (χ1v) is 5.45. The molecule has 0 aliphatic carbocycles. The minimum absolute atomic E-state index is 0.0736. The second-order valence-corrected chi connectivity index (χ2v) is 3.92. The highest BCUT2D eigenvalue weighted by molar-refractivity contribution is 5.64. The molecule has 1 aromatic heterocycles. The lowest BCUT2D eigenvalue weighted by molar-refractivity contribution is 0.271. The van der Waals surface area contributed by atoms with Gasteiger partial charge in [0.15, 0.2) is 0 Å². The summed E-state index contributed by atoms with van der Waals surface area (Å²) in [4.78, 5) is 4.19. The maximum Gasteiger partial charge on any atom is 0.218 e. The average molecular weight is 229 g/mol. The molecular formula is C14H15NO2. The fourth-order valence-electron chi connectivity index (χ4n) is 1.78. The number of aryl methyl sites for hydroxylation is 1. The van der Waals surface area contributed by atoms with Crippen LogP contribution in [0.4, 0.5) is 0 Å². The highest BCUT2D eigenvalue weighted by atomic mass is 16.5. The van der Waals surface area contributed by atoms with Crippen molar-refractivity contribution >= 4 is 0 Å². The quantitative estimate of drug-likeness (QED) is 0.879. The highest BCUT2D eigenvalue weighted by Crippen LogP contribution is 2.24. The van der Waals surface area contributed by atoms with Gasteiger partial charge in [-0.2, -0.15) is 0 Å². The van der Waals surface area contributed by atoms with Crippen LogP contribution in [0.15, 0.2) is 36.5 Å². The lowest BCUT2D eigenvalue weighted by Gasteiger charge is -2.08. The van der Waals surface area contributed by atoms with Crippen molar-refractivity contribution in [2.45, 2.75) is 13.5 Å². The van der Waals surface area contributed by atoms with Gasteiger partial charge in [-0.05, 0) is 18.6 Å². The maximum absolute atomic E-state index is 9.26. The first kappa shape index (κ1) is 11.6. The van der Waals surface area contributed by atoms with Crippen molar-refractivity contribution < 1.29 is 9.84 Å². The molecule has 1 heterocycles. The summed E-state index contributed by atoms with van der Waals surface area (Å²) >= 11 is 0. The van der Waals surface area contributed by atoms with Crippen LogP contribution in [0.1, 0.15) is 11.1 Å². The SMILES string of the molecule is COc1ncc(-c2cccc(C)c2)cc1CO. The van der Waals surface area contributed by atoms with E-state index in [1.807, 2.05) is 31.2 Å². The summed E-state index contributed by atoms with van der Waals surface area (Å²) < 4.78 is 5.08. The van der Waals surface area contributed by atoms with Gasteiger partial charge in [-0.1, -0.05) is 29.8 Å². The number of aliphatic hydroxyl groups is 1. The summed E-state index contributed by atoms with van der Waals surface area (Å²) in [5.41, 5.74) is 3.98. The molecule has 2 rings (SSSR count). The summed E-state index contributed by atoms with van der Waals surface area (Å²) in [5.74, 6) is 0.476. The highest BCUT2D eigenvalue weighted by Gasteiger charge is 2.06. The summed E-state index contributed by atoms with van der Waals surface area (Å²) in [6.45, 7) is 1.98. The van der Waals surface area contributed by atoms with Crippen LogP contribution in [-0.2, 0) is 6.61 Å². The molecule has 0 atom stereocenters. The van der Waals surface area contributed by atoms with Crippen molar-refractivity contribution in [1.82, 2.24) is 4.98 Å². The molecule has 0 bridgehead atoms. The van der Waals surface area contributed by atoms with Crippen LogP contribution in [0.25, 0.3) is 11.1 Å². The van der Waals surface area contributed by atoms with E-state index in [0.29, 0.717) is 11.4 Å². The number of benzene rings is 1. The molecule has 1 aromatic carbocycles. The Labute approximate surface area is 101 Å². The van der Waals surface area contributed by atoms with Crippen molar-refractivity contribution in [2.24, 2.45) is 0 Å². The fourth-order valence-corrected chi connectivity index (χ4v) is 1.78. The van der Waals surface area contributed by atoms with E-state index >= 15 is 0 Å². The number of aliphatic hydroxyl groups excluding tert-OH is 1. The Hall–Kier alpha value is -1.87. The summed E-state index contributed by atoms with van der Waals surface area (Å²) in [7, 11) is 1.55. The number of hydrogen-bond acceptors (Lipinski definition) is 3. The van der Waals surface area contributed by atoms with Crippen LogP contribution in [0.2, 0.25) is 0 Å². The summed E-state index contributed by atoms with van der Waals surface area (Å²) in [6.07, 6.45) is 1.76. The molecule has 0 radical (unpaired) electrons. The molecule has 0 amide bonds. The lowest BCUT2D eigenvalue weighted by atomic mass is 10.0. The van der Waals surface area contributed by atoms with E-state index < -0.39 is 0 Å². The molecule has 3 nitrogen and oxygen atoms in total. The standard InChI is InChI=1S/C14H15NO2/c1-10-4-3-5-11(6-10)12-7-13(9-16)14(17-2)15-8-12/h3-8,16H,9H2,1-2H3. The van der Waals surface area contributed by atoms with Crippen molar-refractivity contribution in [1.29, 1.82) is 0 Å². The van der Waals surface area contributed by atoms with Gasteiger partial charge in [-0.15, -0.1) is 0 Å². The van der Waals surface area contributed by atoms with Gasteiger partial charge in [-0.25, -0.2) is 4.98 Å². The van der Waals surface area contributed by atoms with E-state index in [1.54, 1.807) is 13.3 Å².